The molecule has 114 valence electrons. The summed E-state index contributed by atoms with van der Waals surface area (Å²) in [7, 11) is 0. The second-order valence-corrected chi connectivity index (χ2v) is 5.69. The van der Waals surface area contributed by atoms with Crippen molar-refractivity contribution in [2.45, 2.75) is 53.5 Å². The Labute approximate surface area is 125 Å². The summed E-state index contributed by atoms with van der Waals surface area (Å²) in [6.07, 6.45) is 2.36. The number of hydrogen-bond donors (Lipinski definition) is 1. The van der Waals surface area contributed by atoms with Crippen LogP contribution in [-0.4, -0.2) is 37.1 Å². The van der Waals surface area contributed by atoms with E-state index in [4.69, 9.17) is 0 Å². The van der Waals surface area contributed by atoms with Gasteiger partial charge in [-0.1, -0.05) is 39.0 Å². The highest BCUT2D eigenvalue weighted by Crippen LogP contribution is 2.13. The van der Waals surface area contributed by atoms with Crippen LogP contribution in [0.4, 0.5) is 0 Å². The van der Waals surface area contributed by atoms with Crippen molar-refractivity contribution in [2.24, 2.45) is 0 Å². The summed E-state index contributed by atoms with van der Waals surface area (Å²) in [4.78, 5) is 2.50. The fourth-order valence-electron chi connectivity index (χ4n) is 2.66. The Kier molecular flexibility index (Phi) is 7.86. The highest BCUT2D eigenvalue weighted by molar-refractivity contribution is 5.30. The van der Waals surface area contributed by atoms with Gasteiger partial charge in [-0.05, 0) is 69.6 Å². The summed E-state index contributed by atoms with van der Waals surface area (Å²) < 4.78 is 0. The van der Waals surface area contributed by atoms with Crippen LogP contribution >= 0.6 is 0 Å². The van der Waals surface area contributed by atoms with Crippen LogP contribution in [0.15, 0.2) is 18.2 Å². The summed E-state index contributed by atoms with van der Waals surface area (Å²) in [6, 6.07) is 7.46. The normalized spacial score (nSPS) is 12.9. The molecule has 1 aromatic carbocycles. The summed E-state index contributed by atoms with van der Waals surface area (Å²) >= 11 is 0. The lowest BCUT2D eigenvalue weighted by atomic mass is 9.99. The quantitative estimate of drug-likeness (QED) is 0.742. The number of nitrogens with zero attached hydrogens (tertiary/aromatic N) is 1. The Balaban J connectivity index is 2.59. The smallest absolute Gasteiger partial charge is 0.0119 e. The van der Waals surface area contributed by atoms with E-state index in [1.54, 1.807) is 0 Å². The van der Waals surface area contributed by atoms with Crippen molar-refractivity contribution in [1.29, 1.82) is 0 Å². The van der Waals surface area contributed by atoms with E-state index in [1.807, 2.05) is 0 Å². The summed E-state index contributed by atoms with van der Waals surface area (Å²) in [5.74, 6) is 0. The van der Waals surface area contributed by atoms with Crippen LogP contribution in [0, 0.1) is 13.8 Å². The SMILES string of the molecule is CCNC(CCN(CC)CC)Cc1ccc(C)c(C)c1. The molecule has 0 aromatic heterocycles. The number of hydrogen-bond acceptors (Lipinski definition) is 2. The lowest BCUT2D eigenvalue weighted by Crippen LogP contribution is -2.35. The molecule has 0 aliphatic carbocycles. The maximum absolute atomic E-state index is 3.64. The molecule has 1 rings (SSSR count). The molecule has 0 amide bonds. The minimum atomic E-state index is 0.586. The van der Waals surface area contributed by atoms with Gasteiger partial charge in [-0.15, -0.1) is 0 Å². The second-order valence-electron chi connectivity index (χ2n) is 5.69. The van der Waals surface area contributed by atoms with E-state index >= 15 is 0 Å². The Bertz CT molecular complexity index is 383. The fraction of sp³-hybridized carbons (Fsp3) is 0.667. The largest absolute Gasteiger partial charge is 0.314 e. The predicted octanol–water partition coefficient (Wildman–Crippen LogP) is 3.56. The van der Waals surface area contributed by atoms with Crippen LogP contribution in [-0.2, 0) is 6.42 Å². The van der Waals surface area contributed by atoms with E-state index < -0.39 is 0 Å². The monoisotopic (exact) mass is 276 g/mol. The van der Waals surface area contributed by atoms with E-state index in [9.17, 15) is 0 Å². The van der Waals surface area contributed by atoms with Crippen LogP contribution in [0.5, 0.6) is 0 Å². The third-order valence-corrected chi connectivity index (χ3v) is 4.23. The van der Waals surface area contributed by atoms with Gasteiger partial charge in [0.15, 0.2) is 0 Å². The second kappa shape index (κ2) is 9.15. The third kappa shape index (κ3) is 5.64. The van der Waals surface area contributed by atoms with Gasteiger partial charge in [-0.25, -0.2) is 0 Å². The zero-order valence-electron chi connectivity index (χ0n) is 14.0. The predicted molar refractivity (Wildman–Crippen MR) is 89.5 cm³/mol. The Morgan fingerprint density at radius 1 is 1.05 bits per heavy atom. The molecule has 2 nitrogen and oxygen atoms in total. The van der Waals surface area contributed by atoms with Crippen molar-refractivity contribution < 1.29 is 0 Å². The minimum Gasteiger partial charge on any atom is -0.314 e. The number of benzene rings is 1. The van der Waals surface area contributed by atoms with Crippen LogP contribution in [0.2, 0.25) is 0 Å². The van der Waals surface area contributed by atoms with E-state index in [0.717, 1.165) is 26.1 Å². The molecule has 0 radical (unpaired) electrons. The van der Waals surface area contributed by atoms with Crippen molar-refractivity contribution in [3.05, 3.63) is 34.9 Å². The van der Waals surface area contributed by atoms with E-state index in [-0.39, 0.29) is 0 Å². The highest BCUT2D eigenvalue weighted by atomic mass is 15.1. The average Bonchev–Trinajstić information content (AvgIpc) is 2.44. The molecule has 2 heteroatoms. The first kappa shape index (κ1) is 17.2. The Morgan fingerprint density at radius 3 is 2.30 bits per heavy atom. The molecule has 0 saturated carbocycles. The van der Waals surface area contributed by atoms with E-state index in [0.29, 0.717) is 6.04 Å². The average molecular weight is 276 g/mol. The number of aryl methyl sites for hydroxylation is 2. The van der Waals surface area contributed by atoms with Gasteiger partial charge in [-0.2, -0.15) is 0 Å². The minimum absolute atomic E-state index is 0.586. The first-order valence-corrected chi connectivity index (χ1v) is 8.12. The molecule has 0 heterocycles. The van der Waals surface area contributed by atoms with Gasteiger partial charge in [0, 0.05) is 6.04 Å². The van der Waals surface area contributed by atoms with Crippen LogP contribution < -0.4 is 5.32 Å². The van der Waals surface area contributed by atoms with Crippen LogP contribution in [0.3, 0.4) is 0 Å². The lowest BCUT2D eigenvalue weighted by molar-refractivity contribution is 0.281. The Hall–Kier alpha value is -0.860. The molecule has 0 fully saturated rings. The standard InChI is InChI=1S/C18H32N2/c1-6-19-18(11-12-20(7-2)8-3)14-17-10-9-15(4)16(5)13-17/h9-10,13,18-19H,6-8,11-12,14H2,1-5H3. The maximum atomic E-state index is 3.64. The van der Waals surface area contributed by atoms with Gasteiger partial charge >= 0.3 is 0 Å². The molecular weight excluding hydrogens is 244 g/mol. The van der Waals surface area contributed by atoms with Gasteiger partial charge in [-0.3, -0.25) is 0 Å². The number of nitrogens with one attached hydrogen (secondary N) is 1. The molecular formula is C18H32N2. The molecule has 1 atom stereocenters. The summed E-state index contributed by atoms with van der Waals surface area (Å²) in [5, 5.41) is 3.64. The van der Waals surface area contributed by atoms with Crippen molar-refractivity contribution in [3.8, 4) is 0 Å². The molecule has 1 aromatic rings. The zero-order chi connectivity index (χ0) is 15.0. The summed E-state index contributed by atoms with van der Waals surface area (Å²) in [6.45, 7) is 15.6. The molecule has 1 unspecified atom stereocenters. The van der Waals surface area contributed by atoms with Gasteiger partial charge in [0.2, 0.25) is 0 Å². The number of rotatable bonds is 9. The highest BCUT2D eigenvalue weighted by Gasteiger charge is 2.10. The van der Waals surface area contributed by atoms with Crippen LogP contribution in [0.1, 0.15) is 43.9 Å². The van der Waals surface area contributed by atoms with Gasteiger partial charge in [0.25, 0.3) is 0 Å². The van der Waals surface area contributed by atoms with E-state index in [1.165, 1.54) is 29.7 Å². The third-order valence-electron chi connectivity index (χ3n) is 4.23. The molecule has 0 aliphatic rings. The van der Waals surface area contributed by atoms with Gasteiger partial charge in [0.05, 0.1) is 0 Å². The van der Waals surface area contributed by atoms with Crippen LogP contribution in [0.25, 0.3) is 0 Å². The first-order chi connectivity index (χ1) is 9.60. The Morgan fingerprint density at radius 2 is 1.75 bits per heavy atom. The maximum Gasteiger partial charge on any atom is 0.0119 e. The molecule has 0 bridgehead atoms. The van der Waals surface area contributed by atoms with E-state index in [2.05, 4.69) is 63.0 Å². The molecule has 0 aliphatic heterocycles. The summed E-state index contributed by atoms with van der Waals surface area (Å²) in [5.41, 5.74) is 4.25. The van der Waals surface area contributed by atoms with Gasteiger partial charge in [0.1, 0.15) is 0 Å². The van der Waals surface area contributed by atoms with Crippen molar-refractivity contribution in [1.82, 2.24) is 10.2 Å². The molecule has 20 heavy (non-hydrogen) atoms. The van der Waals surface area contributed by atoms with Crippen molar-refractivity contribution in [2.75, 3.05) is 26.2 Å². The molecule has 0 spiro atoms. The lowest BCUT2D eigenvalue weighted by Gasteiger charge is -2.23. The molecule has 0 saturated heterocycles. The fourth-order valence-corrected chi connectivity index (χ4v) is 2.66. The molecule has 1 N–H and O–H groups in total. The van der Waals surface area contributed by atoms with Crippen molar-refractivity contribution >= 4 is 0 Å². The van der Waals surface area contributed by atoms with Gasteiger partial charge < -0.3 is 10.2 Å². The number of likely N-dealkylation sites (N-methyl/N-ethyl adjacent to an activating group) is 1. The van der Waals surface area contributed by atoms with Crippen molar-refractivity contribution in [3.63, 3.8) is 0 Å². The topological polar surface area (TPSA) is 15.3 Å². The zero-order valence-corrected chi connectivity index (χ0v) is 14.0. The first-order valence-electron chi connectivity index (χ1n) is 8.12.